The van der Waals surface area contributed by atoms with Crippen LogP contribution in [0.5, 0.6) is 5.75 Å². The quantitative estimate of drug-likeness (QED) is 0.515. The maximum absolute atomic E-state index is 13.5. The first-order valence-corrected chi connectivity index (χ1v) is 10.5. The number of halogens is 3. The number of nitrogens with zero attached hydrogens (tertiary/aromatic N) is 2. The Hall–Kier alpha value is -3.66. The van der Waals surface area contributed by atoms with E-state index in [9.17, 15) is 23.1 Å². The summed E-state index contributed by atoms with van der Waals surface area (Å²) in [5.74, 6) is -0.0715. The Bertz CT molecular complexity index is 1230. The summed E-state index contributed by atoms with van der Waals surface area (Å²) in [6, 6.07) is 11.9. The van der Waals surface area contributed by atoms with Crippen molar-refractivity contribution in [1.29, 1.82) is 0 Å². The number of alkyl carbamates (subject to hydrolysis) is 1. The summed E-state index contributed by atoms with van der Waals surface area (Å²) >= 11 is 0. The third kappa shape index (κ3) is 4.41. The summed E-state index contributed by atoms with van der Waals surface area (Å²) in [4.78, 5) is 20.4. The lowest BCUT2D eigenvalue weighted by Crippen LogP contribution is -2.46. The first kappa shape index (κ1) is 23.5. The molecule has 3 heterocycles. The molecule has 0 spiro atoms. The van der Waals surface area contributed by atoms with Gasteiger partial charge in [-0.15, -0.1) is 0 Å². The Morgan fingerprint density at radius 3 is 2.47 bits per heavy atom. The molecule has 0 aliphatic carbocycles. The Morgan fingerprint density at radius 1 is 1.06 bits per heavy atom. The van der Waals surface area contributed by atoms with Crippen LogP contribution in [0.25, 0.3) is 0 Å². The number of phenolic OH excluding ortho intramolecular Hbond substituents is 1. The van der Waals surface area contributed by atoms with Gasteiger partial charge in [-0.2, -0.15) is 13.2 Å². The maximum Gasteiger partial charge on any atom is 0.433 e. The minimum Gasteiger partial charge on any atom is -0.508 e. The number of carbonyl (C=O) groups excluding carboxylic acids is 1. The molecule has 7 nitrogen and oxygen atoms in total. The standard InChI is InChI=1S/C24H23F3N4O3/c1-22(2,3)34-21(33)30-20-19-17(8-5-10-29-19)23(31-20,14-6-4-7-16(32)12-14)15-9-11-28-18(13-15)24(25,26)27/h4-13,20,31-32H,1-3H3,(H,30,33). The van der Waals surface area contributed by atoms with E-state index in [1.54, 1.807) is 45.0 Å². The molecule has 2 atom stereocenters. The van der Waals surface area contributed by atoms with Crippen LogP contribution in [0.1, 0.15) is 55.0 Å². The molecule has 0 bridgehead atoms. The van der Waals surface area contributed by atoms with Crippen LogP contribution in [0.2, 0.25) is 0 Å². The molecule has 1 aliphatic heterocycles. The van der Waals surface area contributed by atoms with Gasteiger partial charge in [-0.25, -0.2) is 4.79 Å². The summed E-state index contributed by atoms with van der Waals surface area (Å²) in [7, 11) is 0. The van der Waals surface area contributed by atoms with Crippen LogP contribution in [0.15, 0.2) is 60.9 Å². The number of carbonyl (C=O) groups is 1. The Balaban J connectivity index is 1.90. The molecule has 0 saturated heterocycles. The van der Waals surface area contributed by atoms with Crippen molar-refractivity contribution in [3.8, 4) is 5.75 Å². The average Bonchev–Trinajstić information content (AvgIpc) is 3.07. The smallest absolute Gasteiger partial charge is 0.433 e. The van der Waals surface area contributed by atoms with Gasteiger partial charge in [-0.05, 0) is 62.2 Å². The fraction of sp³-hybridized carbons (Fsp3) is 0.292. The highest BCUT2D eigenvalue weighted by molar-refractivity contribution is 5.69. The molecule has 1 aliphatic rings. The number of benzene rings is 1. The van der Waals surface area contributed by atoms with Crippen molar-refractivity contribution in [1.82, 2.24) is 20.6 Å². The Kier molecular flexibility index (Phi) is 5.72. The maximum atomic E-state index is 13.5. The summed E-state index contributed by atoms with van der Waals surface area (Å²) in [5.41, 5.74) is -1.63. The number of aromatic hydroxyl groups is 1. The molecule has 1 aromatic carbocycles. The van der Waals surface area contributed by atoms with Crippen LogP contribution in [0.4, 0.5) is 18.0 Å². The van der Waals surface area contributed by atoms with Crippen LogP contribution < -0.4 is 10.6 Å². The number of phenols is 1. The van der Waals surface area contributed by atoms with E-state index < -0.39 is 35.3 Å². The Morgan fingerprint density at radius 2 is 1.79 bits per heavy atom. The summed E-state index contributed by atoms with van der Waals surface area (Å²) in [5, 5.41) is 16.1. The number of hydrogen-bond acceptors (Lipinski definition) is 6. The second kappa shape index (κ2) is 8.28. The molecule has 0 radical (unpaired) electrons. The van der Waals surface area contributed by atoms with Crippen molar-refractivity contribution in [3.63, 3.8) is 0 Å². The van der Waals surface area contributed by atoms with Crippen molar-refractivity contribution in [2.24, 2.45) is 0 Å². The zero-order valence-corrected chi connectivity index (χ0v) is 18.6. The predicted octanol–water partition coefficient (Wildman–Crippen LogP) is 4.62. The zero-order valence-electron chi connectivity index (χ0n) is 18.6. The minimum absolute atomic E-state index is 0.0715. The average molecular weight is 472 g/mol. The molecule has 3 aromatic rings. The van der Waals surface area contributed by atoms with E-state index >= 15 is 0 Å². The largest absolute Gasteiger partial charge is 0.508 e. The predicted molar refractivity (Wildman–Crippen MR) is 117 cm³/mol. The number of aromatic nitrogens is 2. The molecule has 3 N–H and O–H groups in total. The van der Waals surface area contributed by atoms with Crippen molar-refractivity contribution in [3.05, 3.63) is 89.0 Å². The van der Waals surface area contributed by atoms with Gasteiger partial charge in [0.25, 0.3) is 0 Å². The first-order valence-electron chi connectivity index (χ1n) is 10.5. The second-order valence-electron chi connectivity index (χ2n) is 8.89. The van der Waals surface area contributed by atoms with Crippen LogP contribution >= 0.6 is 0 Å². The number of ether oxygens (including phenoxy) is 1. The lowest BCUT2D eigenvalue weighted by atomic mass is 9.78. The number of nitrogens with one attached hydrogen (secondary N) is 2. The van der Waals surface area contributed by atoms with Gasteiger partial charge in [0.05, 0.1) is 11.2 Å². The molecule has 1 amide bonds. The first-order chi connectivity index (χ1) is 15.9. The van der Waals surface area contributed by atoms with E-state index in [4.69, 9.17) is 4.74 Å². The fourth-order valence-electron chi connectivity index (χ4n) is 4.06. The lowest BCUT2D eigenvalue weighted by molar-refractivity contribution is -0.141. The van der Waals surface area contributed by atoms with Crippen LogP contribution in [-0.4, -0.2) is 26.8 Å². The lowest BCUT2D eigenvalue weighted by Gasteiger charge is -2.33. The Labute approximate surface area is 194 Å². The van der Waals surface area contributed by atoms with Crippen LogP contribution in [0.3, 0.4) is 0 Å². The van der Waals surface area contributed by atoms with Gasteiger partial charge in [-0.1, -0.05) is 18.2 Å². The second-order valence-corrected chi connectivity index (χ2v) is 8.89. The topological polar surface area (TPSA) is 96.4 Å². The van der Waals surface area contributed by atoms with E-state index in [2.05, 4.69) is 20.6 Å². The summed E-state index contributed by atoms with van der Waals surface area (Å²) in [6.07, 6.45) is -3.68. The van der Waals surface area contributed by atoms with Crippen molar-refractivity contribution < 1.29 is 27.8 Å². The van der Waals surface area contributed by atoms with Crippen LogP contribution in [-0.2, 0) is 16.5 Å². The molecular weight excluding hydrogens is 449 g/mol. The molecule has 2 aromatic heterocycles. The number of hydrogen-bond donors (Lipinski definition) is 3. The molecular formula is C24H23F3N4O3. The van der Waals surface area contributed by atoms with Gasteiger partial charge in [0.1, 0.15) is 23.2 Å². The van der Waals surface area contributed by atoms with Crippen molar-refractivity contribution in [2.75, 3.05) is 0 Å². The highest BCUT2D eigenvalue weighted by Crippen LogP contribution is 2.46. The summed E-state index contributed by atoms with van der Waals surface area (Å²) < 4.78 is 46.0. The third-order valence-corrected chi connectivity index (χ3v) is 5.30. The number of amides is 1. The summed E-state index contributed by atoms with van der Waals surface area (Å²) in [6.45, 7) is 5.15. The fourth-order valence-corrected chi connectivity index (χ4v) is 4.06. The molecule has 178 valence electrons. The monoisotopic (exact) mass is 472 g/mol. The third-order valence-electron chi connectivity index (χ3n) is 5.30. The van der Waals surface area contributed by atoms with E-state index in [0.29, 0.717) is 16.8 Å². The normalized spacial score (nSPS) is 20.0. The molecule has 0 fully saturated rings. The van der Waals surface area contributed by atoms with Gasteiger partial charge in [-0.3, -0.25) is 15.3 Å². The minimum atomic E-state index is -4.67. The van der Waals surface area contributed by atoms with E-state index in [1.807, 2.05) is 0 Å². The molecule has 10 heteroatoms. The van der Waals surface area contributed by atoms with E-state index in [0.717, 1.165) is 12.3 Å². The van der Waals surface area contributed by atoms with Crippen molar-refractivity contribution in [2.45, 2.75) is 44.3 Å². The SMILES string of the molecule is CC(C)(C)OC(=O)NC1NC(c2cccc(O)c2)(c2ccnc(C(F)(F)F)c2)c2cccnc21. The van der Waals surface area contributed by atoms with Crippen LogP contribution in [0, 0.1) is 0 Å². The number of pyridine rings is 2. The molecule has 0 saturated carbocycles. The van der Waals surface area contributed by atoms with E-state index in [-0.39, 0.29) is 11.3 Å². The van der Waals surface area contributed by atoms with Crippen molar-refractivity contribution >= 4 is 6.09 Å². The van der Waals surface area contributed by atoms with Gasteiger partial charge in [0.2, 0.25) is 0 Å². The number of alkyl halides is 3. The van der Waals surface area contributed by atoms with Gasteiger partial charge >= 0.3 is 12.3 Å². The molecule has 2 unspecified atom stereocenters. The van der Waals surface area contributed by atoms with Gasteiger partial charge in [0, 0.05) is 18.0 Å². The highest BCUT2D eigenvalue weighted by Gasteiger charge is 2.48. The number of fused-ring (bicyclic) bond motifs is 1. The molecule has 34 heavy (non-hydrogen) atoms. The molecule has 4 rings (SSSR count). The zero-order chi connectivity index (χ0) is 24.7. The van der Waals surface area contributed by atoms with E-state index in [1.165, 1.54) is 24.4 Å². The number of rotatable bonds is 3. The highest BCUT2D eigenvalue weighted by atomic mass is 19.4. The van der Waals surface area contributed by atoms with Gasteiger partial charge in [0.15, 0.2) is 0 Å². The van der Waals surface area contributed by atoms with Gasteiger partial charge < -0.3 is 15.2 Å².